The minimum Gasteiger partial charge on any atom is -0.465 e. The zero-order chi connectivity index (χ0) is 14.8. The molecule has 19 heavy (non-hydrogen) atoms. The van der Waals surface area contributed by atoms with Gasteiger partial charge in [-0.3, -0.25) is 0 Å². The molecule has 0 aliphatic carbocycles. The fourth-order valence-electron chi connectivity index (χ4n) is 2.72. The fraction of sp³-hybridized carbons (Fsp3) is 0.917. The lowest BCUT2D eigenvalue weighted by atomic mass is 9.76. The molecule has 1 heterocycles. The second-order valence-corrected chi connectivity index (χ2v) is 8.30. The van der Waals surface area contributed by atoms with E-state index in [-0.39, 0.29) is 17.4 Å². The van der Waals surface area contributed by atoms with Crippen LogP contribution in [0.3, 0.4) is 0 Å². The molecular formula is C12H24N2O4S. The van der Waals surface area contributed by atoms with Gasteiger partial charge in [-0.25, -0.2) is 17.5 Å². The number of rotatable bonds is 3. The normalized spacial score (nSPS) is 23.9. The van der Waals surface area contributed by atoms with E-state index in [2.05, 4.69) is 5.32 Å². The van der Waals surface area contributed by atoms with Gasteiger partial charge in [0.1, 0.15) is 0 Å². The van der Waals surface area contributed by atoms with E-state index in [1.165, 1.54) is 10.6 Å². The van der Waals surface area contributed by atoms with E-state index in [1.54, 1.807) is 0 Å². The molecule has 0 radical (unpaired) electrons. The van der Waals surface area contributed by atoms with Gasteiger partial charge in [-0.2, -0.15) is 0 Å². The van der Waals surface area contributed by atoms with E-state index in [9.17, 15) is 13.2 Å². The predicted octanol–water partition coefficient (Wildman–Crippen LogP) is 1.34. The Labute approximate surface area is 115 Å². The summed E-state index contributed by atoms with van der Waals surface area (Å²) in [6.45, 7) is 6.81. The quantitative estimate of drug-likeness (QED) is 0.822. The molecular weight excluding hydrogens is 268 g/mol. The highest BCUT2D eigenvalue weighted by atomic mass is 32.2. The minimum absolute atomic E-state index is 0.0135. The number of nitrogens with one attached hydrogen (secondary N) is 1. The van der Waals surface area contributed by atoms with Gasteiger partial charge in [0.25, 0.3) is 0 Å². The predicted molar refractivity (Wildman–Crippen MR) is 73.5 cm³/mol. The highest BCUT2D eigenvalue weighted by molar-refractivity contribution is 7.88. The van der Waals surface area contributed by atoms with Crippen molar-refractivity contribution in [2.75, 3.05) is 19.3 Å². The summed E-state index contributed by atoms with van der Waals surface area (Å²) in [5.74, 6) is 0.0135. The summed E-state index contributed by atoms with van der Waals surface area (Å²) in [7, 11) is -3.21. The number of nitrogens with zero attached hydrogens (tertiary/aromatic N) is 1. The number of hydrogen-bond donors (Lipinski definition) is 2. The Kier molecular flexibility index (Phi) is 4.84. The Morgan fingerprint density at radius 2 is 2.00 bits per heavy atom. The number of sulfonamides is 1. The molecule has 0 spiro atoms. The topological polar surface area (TPSA) is 86.7 Å². The van der Waals surface area contributed by atoms with Crippen LogP contribution in [0.15, 0.2) is 0 Å². The zero-order valence-corrected chi connectivity index (χ0v) is 12.8. The van der Waals surface area contributed by atoms with Crippen LogP contribution in [0.25, 0.3) is 0 Å². The molecule has 2 unspecified atom stereocenters. The summed E-state index contributed by atoms with van der Waals surface area (Å²) in [4.78, 5) is 10.9. The van der Waals surface area contributed by atoms with Crippen LogP contribution < -0.4 is 5.32 Å². The van der Waals surface area contributed by atoms with E-state index in [0.717, 1.165) is 12.8 Å². The fourth-order valence-corrected chi connectivity index (χ4v) is 3.64. The van der Waals surface area contributed by atoms with E-state index >= 15 is 0 Å². The Balaban J connectivity index is 2.88. The number of piperidine rings is 1. The second kappa shape index (κ2) is 5.66. The molecule has 1 saturated heterocycles. The zero-order valence-electron chi connectivity index (χ0n) is 12.0. The lowest BCUT2D eigenvalue weighted by Crippen LogP contribution is -2.53. The molecule has 7 heteroatoms. The number of hydrogen-bond acceptors (Lipinski definition) is 3. The first-order valence-electron chi connectivity index (χ1n) is 6.46. The third-order valence-corrected chi connectivity index (χ3v) is 4.84. The van der Waals surface area contributed by atoms with Gasteiger partial charge in [-0.1, -0.05) is 20.8 Å². The molecule has 2 N–H and O–H groups in total. The van der Waals surface area contributed by atoms with E-state index in [0.29, 0.717) is 13.1 Å². The van der Waals surface area contributed by atoms with Crippen molar-refractivity contribution in [3.05, 3.63) is 0 Å². The van der Waals surface area contributed by atoms with Crippen molar-refractivity contribution in [2.45, 2.75) is 39.7 Å². The number of carboxylic acid groups (broad SMARTS) is 1. The summed E-state index contributed by atoms with van der Waals surface area (Å²) in [6.07, 6.45) is 1.75. The molecule has 1 rings (SSSR count). The van der Waals surface area contributed by atoms with Crippen LogP contribution in [0.4, 0.5) is 4.79 Å². The van der Waals surface area contributed by atoms with Gasteiger partial charge in [0, 0.05) is 19.1 Å². The molecule has 112 valence electrons. The Morgan fingerprint density at radius 3 is 2.42 bits per heavy atom. The highest BCUT2D eigenvalue weighted by Gasteiger charge is 2.37. The lowest BCUT2D eigenvalue weighted by molar-refractivity contribution is 0.124. The maximum atomic E-state index is 11.6. The molecule has 0 aromatic carbocycles. The van der Waals surface area contributed by atoms with Crippen LogP contribution in [0.5, 0.6) is 0 Å². The molecule has 1 aliphatic heterocycles. The number of carbonyl (C=O) groups is 1. The van der Waals surface area contributed by atoms with Crippen LogP contribution in [0, 0.1) is 11.3 Å². The summed E-state index contributed by atoms with van der Waals surface area (Å²) in [6, 6.07) is -0.255. The van der Waals surface area contributed by atoms with Crippen LogP contribution in [0.2, 0.25) is 0 Å². The summed E-state index contributed by atoms with van der Waals surface area (Å²) >= 11 is 0. The van der Waals surface area contributed by atoms with E-state index < -0.39 is 16.1 Å². The molecule has 0 saturated carbocycles. The highest BCUT2D eigenvalue weighted by Crippen LogP contribution is 2.31. The van der Waals surface area contributed by atoms with Gasteiger partial charge >= 0.3 is 6.09 Å². The molecule has 0 aromatic heterocycles. The largest absolute Gasteiger partial charge is 0.465 e. The van der Waals surface area contributed by atoms with Gasteiger partial charge in [0.2, 0.25) is 10.0 Å². The van der Waals surface area contributed by atoms with Gasteiger partial charge in [-0.05, 0) is 24.2 Å². The third-order valence-electron chi connectivity index (χ3n) is 3.57. The maximum absolute atomic E-state index is 11.6. The van der Waals surface area contributed by atoms with Crippen LogP contribution in [-0.4, -0.2) is 49.3 Å². The van der Waals surface area contributed by atoms with Crippen molar-refractivity contribution in [3.63, 3.8) is 0 Å². The molecule has 1 fully saturated rings. The van der Waals surface area contributed by atoms with Crippen molar-refractivity contribution in [3.8, 4) is 0 Å². The average Bonchev–Trinajstić information content (AvgIpc) is 2.23. The van der Waals surface area contributed by atoms with Crippen molar-refractivity contribution in [1.29, 1.82) is 0 Å². The first-order valence-corrected chi connectivity index (χ1v) is 8.31. The molecule has 2 atom stereocenters. The van der Waals surface area contributed by atoms with Crippen LogP contribution in [0.1, 0.15) is 33.6 Å². The molecule has 1 amide bonds. The van der Waals surface area contributed by atoms with Gasteiger partial charge in [-0.15, -0.1) is 0 Å². The molecule has 0 bridgehead atoms. The van der Waals surface area contributed by atoms with E-state index in [1.807, 2.05) is 20.8 Å². The van der Waals surface area contributed by atoms with Gasteiger partial charge < -0.3 is 10.4 Å². The minimum atomic E-state index is -3.21. The molecule has 1 aliphatic rings. The van der Waals surface area contributed by atoms with Crippen molar-refractivity contribution in [2.24, 2.45) is 11.3 Å². The van der Waals surface area contributed by atoms with Crippen molar-refractivity contribution in [1.82, 2.24) is 9.62 Å². The third kappa shape index (κ3) is 4.65. The summed E-state index contributed by atoms with van der Waals surface area (Å²) < 4.78 is 24.7. The van der Waals surface area contributed by atoms with Crippen LogP contribution >= 0.6 is 0 Å². The summed E-state index contributed by atoms with van der Waals surface area (Å²) in [5.41, 5.74) is -0.246. The lowest BCUT2D eigenvalue weighted by Gasteiger charge is -2.41. The summed E-state index contributed by atoms with van der Waals surface area (Å²) in [5, 5.41) is 11.5. The SMILES string of the molecule is CC(C)(C)C(NC(=O)O)C1CCCN(S(C)(=O)=O)C1. The molecule has 0 aromatic rings. The van der Waals surface area contributed by atoms with Crippen molar-refractivity contribution >= 4 is 16.1 Å². The standard InChI is InChI=1S/C12H24N2O4S/c1-12(2,3)10(13-11(15)16)9-6-5-7-14(8-9)19(4,17)18/h9-10,13H,5-8H2,1-4H3,(H,15,16). The van der Waals surface area contributed by atoms with E-state index in [4.69, 9.17) is 5.11 Å². The first kappa shape index (κ1) is 16.2. The van der Waals surface area contributed by atoms with Crippen LogP contribution in [-0.2, 0) is 10.0 Å². The maximum Gasteiger partial charge on any atom is 0.404 e. The Morgan fingerprint density at radius 1 is 1.42 bits per heavy atom. The smallest absolute Gasteiger partial charge is 0.404 e. The van der Waals surface area contributed by atoms with Crippen molar-refractivity contribution < 1.29 is 18.3 Å². The molecule has 6 nitrogen and oxygen atoms in total. The first-order chi connectivity index (χ1) is 8.51. The van der Waals surface area contributed by atoms with Gasteiger partial charge in [0.05, 0.1) is 6.26 Å². The average molecular weight is 292 g/mol. The Bertz CT molecular complexity index is 428. The monoisotopic (exact) mass is 292 g/mol. The van der Waals surface area contributed by atoms with Gasteiger partial charge in [0.15, 0.2) is 0 Å². The Hall–Kier alpha value is -0.820. The second-order valence-electron chi connectivity index (χ2n) is 6.32. The number of amides is 1.